The lowest BCUT2D eigenvalue weighted by molar-refractivity contribution is -0.121. The highest BCUT2D eigenvalue weighted by atomic mass is 16.4. The van der Waals surface area contributed by atoms with Gasteiger partial charge in [-0.15, -0.1) is 0 Å². The van der Waals surface area contributed by atoms with Crippen LogP contribution < -0.4 is 5.32 Å². The lowest BCUT2D eigenvalue weighted by Crippen LogP contribution is -2.34. The Morgan fingerprint density at radius 1 is 1.06 bits per heavy atom. The van der Waals surface area contributed by atoms with Gasteiger partial charge in [0, 0.05) is 24.9 Å². The lowest BCUT2D eigenvalue weighted by atomic mass is 10.0. The third kappa shape index (κ3) is 6.79. The van der Waals surface area contributed by atoms with Crippen LogP contribution in [0.3, 0.4) is 0 Å². The zero-order chi connectivity index (χ0) is 22.2. The number of rotatable bonds is 10. The molecule has 1 unspecified atom stereocenters. The average Bonchev–Trinajstić information content (AvgIpc) is 3.22. The Kier molecular flexibility index (Phi) is 8.01. The number of nitrogens with one attached hydrogen (secondary N) is 1. The number of carbonyl (C=O) groups excluding carboxylic acids is 1. The Bertz CT molecular complexity index is 946. The molecule has 5 heteroatoms. The van der Waals surface area contributed by atoms with Gasteiger partial charge in [0.05, 0.1) is 12.2 Å². The molecule has 0 bridgehead atoms. The molecule has 3 aromatic rings. The smallest absolute Gasteiger partial charge is 0.220 e. The first-order chi connectivity index (χ1) is 14.9. The molecule has 3 rings (SSSR count). The van der Waals surface area contributed by atoms with Crippen LogP contribution in [0, 0.1) is 5.92 Å². The van der Waals surface area contributed by atoms with Gasteiger partial charge in [-0.3, -0.25) is 4.79 Å². The van der Waals surface area contributed by atoms with Crippen molar-refractivity contribution in [3.63, 3.8) is 0 Å². The van der Waals surface area contributed by atoms with E-state index in [0.29, 0.717) is 31.2 Å². The number of carbonyl (C=O) groups is 1. The Morgan fingerprint density at radius 3 is 2.42 bits per heavy atom. The summed E-state index contributed by atoms with van der Waals surface area (Å²) >= 11 is 0. The lowest BCUT2D eigenvalue weighted by Gasteiger charge is -2.25. The van der Waals surface area contributed by atoms with E-state index in [2.05, 4.69) is 65.4 Å². The van der Waals surface area contributed by atoms with E-state index in [1.54, 1.807) is 6.20 Å². The number of hydrogen-bond donors (Lipinski definition) is 1. The van der Waals surface area contributed by atoms with Crippen molar-refractivity contribution in [1.82, 2.24) is 15.2 Å². The summed E-state index contributed by atoms with van der Waals surface area (Å²) in [6, 6.07) is 18.8. The van der Waals surface area contributed by atoms with Crippen molar-refractivity contribution in [2.75, 3.05) is 20.6 Å². The van der Waals surface area contributed by atoms with Crippen molar-refractivity contribution >= 4 is 5.91 Å². The molecule has 0 aliphatic carbocycles. The van der Waals surface area contributed by atoms with Crippen molar-refractivity contribution in [1.29, 1.82) is 0 Å². The number of nitrogens with zero attached hydrogens (tertiary/aromatic N) is 2. The summed E-state index contributed by atoms with van der Waals surface area (Å²) in [4.78, 5) is 18.8. The summed E-state index contributed by atoms with van der Waals surface area (Å²) in [6.07, 6.45) is 3.63. The summed E-state index contributed by atoms with van der Waals surface area (Å²) < 4.78 is 5.87. The molecule has 1 N–H and O–H groups in total. The van der Waals surface area contributed by atoms with Gasteiger partial charge in [0.15, 0.2) is 11.7 Å². The normalized spacial score (nSPS) is 12.3. The van der Waals surface area contributed by atoms with Gasteiger partial charge in [-0.05, 0) is 37.6 Å². The van der Waals surface area contributed by atoms with Crippen molar-refractivity contribution < 1.29 is 9.21 Å². The van der Waals surface area contributed by atoms with Gasteiger partial charge in [0.1, 0.15) is 0 Å². The van der Waals surface area contributed by atoms with E-state index in [1.165, 1.54) is 11.1 Å². The van der Waals surface area contributed by atoms with Gasteiger partial charge in [-0.25, -0.2) is 4.98 Å². The van der Waals surface area contributed by atoms with E-state index in [-0.39, 0.29) is 11.9 Å². The molecule has 2 aromatic carbocycles. The van der Waals surface area contributed by atoms with Crippen molar-refractivity contribution in [3.8, 4) is 11.3 Å². The van der Waals surface area contributed by atoms with E-state index in [0.717, 1.165) is 17.7 Å². The van der Waals surface area contributed by atoms with E-state index < -0.39 is 0 Å². The number of hydrogen-bond acceptors (Lipinski definition) is 4. The van der Waals surface area contributed by atoms with Crippen LogP contribution in [0.25, 0.3) is 11.3 Å². The molecule has 0 radical (unpaired) electrons. The molecule has 0 fully saturated rings. The maximum atomic E-state index is 12.4. The van der Waals surface area contributed by atoms with Crippen LogP contribution in [0.1, 0.15) is 43.3 Å². The highest BCUT2D eigenvalue weighted by molar-refractivity contribution is 5.76. The Balaban J connectivity index is 1.50. The van der Waals surface area contributed by atoms with Crippen LogP contribution >= 0.6 is 0 Å². The van der Waals surface area contributed by atoms with Gasteiger partial charge in [0.25, 0.3) is 0 Å². The molecule has 31 heavy (non-hydrogen) atoms. The van der Waals surface area contributed by atoms with Crippen LogP contribution in [-0.4, -0.2) is 36.4 Å². The molecule has 0 saturated carbocycles. The summed E-state index contributed by atoms with van der Waals surface area (Å²) in [5, 5.41) is 3.04. The van der Waals surface area contributed by atoms with Gasteiger partial charge >= 0.3 is 0 Å². The molecule has 1 aromatic heterocycles. The minimum absolute atomic E-state index is 0.000527. The quantitative estimate of drug-likeness (QED) is 0.508. The van der Waals surface area contributed by atoms with Crippen molar-refractivity contribution in [2.24, 2.45) is 5.92 Å². The van der Waals surface area contributed by atoms with Crippen LogP contribution in [0.4, 0.5) is 0 Å². The zero-order valence-electron chi connectivity index (χ0n) is 19.0. The summed E-state index contributed by atoms with van der Waals surface area (Å²) in [7, 11) is 4.04. The predicted molar refractivity (Wildman–Crippen MR) is 125 cm³/mol. The number of aryl methyl sites for hydroxylation is 1. The van der Waals surface area contributed by atoms with Crippen LogP contribution in [0.2, 0.25) is 0 Å². The second kappa shape index (κ2) is 10.9. The van der Waals surface area contributed by atoms with Crippen molar-refractivity contribution in [3.05, 3.63) is 77.8 Å². The number of oxazole rings is 1. The Hall–Kier alpha value is -2.92. The first-order valence-electron chi connectivity index (χ1n) is 10.9. The van der Waals surface area contributed by atoms with E-state index in [9.17, 15) is 4.79 Å². The monoisotopic (exact) mass is 419 g/mol. The SMILES string of the molecule is CC(C)Cc1ccc(-c2cnc(CCC(=O)NCC(c3ccccc3)N(C)C)o2)cc1. The number of amides is 1. The molecular weight excluding hydrogens is 386 g/mol. The first kappa shape index (κ1) is 22.8. The van der Waals surface area contributed by atoms with E-state index in [4.69, 9.17) is 4.42 Å². The molecule has 0 spiro atoms. The molecule has 1 amide bonds. The zero-order valence-corrected chi connectivity index (χ0v) is 19.0. The highest BCUT2D eigenvalue weighted by Crippen LogP contribution is 2.22. The fourth-order valence-electron chi connectivity index (χ4n) is 3.63. The van der Waals surface area contributed by atoms with Crippen LogP contribution in [-0.2, 0) is 17.6 Å². The molecule has 1 atom stereocenters. The minimum atomic E-state index is 0.000527. The van der Waals surface area contributed by atoms with E-state index in [1.807, 2.05) is 32.3 Å². The van der Waals surface area contributed by atoms with Gasteiger partial charge in [0.2, 0.25) is 5.91 Å². The average molecular weight is 420 g/mol. The minimum Gasteiger partial charge on any atom is -0.441 e. The third-order valence-electron chi connectivity index (χ3n) is 5.30. The molecule has 0 aliphatic heterocycles. The molecule has 0 saturated heterocycles. The van der Waals surface area contributed by atoms with Crippen LogP contribution in [0.15, 0.2) is 65.2 Å². The highest BCUT2D eigenvalue weighted by Gasteiger charge is 2.15. The van der Waals surface area contributed by atoms with E-state index >= 15 is 0 Å². The fraction of sp³-hybridized carbons (Fsp3) is 0.385. The Labute approximate surface area is 185 Å². The first-order valence-corrected chi connectivity index (χ1v) is 10.9. The summed E-state index contributed by atoms with van der Waals surface area (Å²) in [5.74, 6) is 1.96. The Morgan fingerprint density at radius 2 is 1.77 bits per heavy atom. The molecule has 1 heterocycles. The molecular formula is C26H33N3O2. The molecule has 5 nitrogen and oxygen atoms in total. The van der Waals surface area contributed by atoms with Crippen LogP contribution in [0.5, 0.6) is 0 Å². The third-order valence-corrected chi connectivity index (χ3v) is 5.30. The van der Waals surface area contributed by atoms with Gasteiger partial charge in [-0.2, -0.15) is 0 Å². The number of aromatic nitrogens is 1. The second-order valence-electron chi connectivity index (χ2n) is 8.61. The standard InChI is InChI=1S/C26H33N3O2/c1-19(2)16-20-10-12-22(13-11-20)24-18-28-26(31-24)15-14-25(30)27-17-23(29(3)4)21-8-6-5-7-9-21/h5-13,18-19,23H,14-17H2,1-4H3,(H,27,30). The molecule has 0 aliphatic rings. The van der Waals surface area contributed by atoms with Gasteiger partial charge in [-0.1, -0.05) is 68.4 Å². The number of likely N-dealkylation sites (N-methyl/N-ethyl adjacent to an activating group) is 1. The fourth-order valence-corrected chi connectivity index (χ4v) is 3.63. The largest absolute Gasteiger partial charge is 0.441 e. The summed E-state index contributed by atoms with van der Waals surface area (Å²) in [6.45, 7) is 5.00. The maximum absolute atomic E-state index is 12.4. The topological polar surface area (TPSA) is 58.4 Å². The second-order valence-corrected chi connectivity index (χ2v) is 8.61. The molecule has 164 valence electrons. The van der Waals surface area contributed by atoms with Gasteiger partial charge < -0.3 is 14.6 Å². The summed E-state index contributed by atoms with van der Waals surface area (Å²) in [5.41, 5.74) is 3.51. The predicted octanol–water partition coefficient (Wildman–Crippen LogP) is 4.89. The number of benzene rings is 2. The van der Waals surface area contributed by atoms with Crippen molar-refractivity contribution in [2.45, 2.75) is 39.2 Å². The maximum Gasteiger partial charge on any atom is 0.220 e.